The van der Waals surface area contributed by atoms with Crippen molar-refractivity contribution in [1.82, 2.24) is 5.43 Å². The molecule has 0 atom stereocenters. The lowest BCUT2D eigenvalue weighted by Gasteiger charge is -2.16. The van der Waals surface area contributed by atoms with Gasteiger partial charge < -0.3 is 0 Å². The maximum atomic E-state index is 3.26. The van der Waals surface area contributed by atoms with Crippen LogP contribution in [0.15, 0.2) is 54.7 Å². The number of fused-ring (bicyclic) bond motifs is 1. The fourth-order valence-corrected chi connectivity index (χ4v) is 1.87. The van der Waals surface area contributed by atoms with Crippen LogP contribution in [-0.4, -0.2) is 6.54 Å². The molecule has 0 bridgehead atoms. The highest BCUT2D eigenvalue weighted by molar-refractivity contribution is 5.85. The third-order valence-electron chi connectivity index (χ3n) is 2.65. The van der Waals surface area contributed by atoms with Crippen molar-refractivity contribution in [2.75, 3.05) is 11.6 Å². The standard InChI is InChI=1S/C13H12N2/c1-2-5-12-10-13(7-6-11(12)4-1)15-9-3-8-14-15/h1-7,9-10,14H,8H2. The minimum absolute atomic E-state index is 0.910. The van der Waals surface area contributed by atoms with E-state index in [-0.39, 0.29) is 0 Å². The first-order chi connectivity index (χ1) is 7.43. The van der Waals surface area contributed by atoms with Crippen LogP contribution < -0.4 is 10.4 Å². The third-order valence-corrected chi connectivity index (χ3v) is 2.65. The van der Waals surface area contributed by atoms with E-state index >= 15 is 0 Å². The number of anilines is 1. The molecule has 2 heteroatoms. The lowest BCUT2D eigenvalue weighted by molar-refractivity contribution is 0.815. The zero-order valence-corrected chi connectivity index (χ0v) is 8.35. The van der Waals surface area contributed by atoms with E-state index in [0.717, 1.165) is 6.54 Å². The number of rotatable bonds is 1. The molecule has 0 unspecified atom stereocenters. The summed E-state index contributed by atoms with van der Waals surface area (Å²) in [6.45, 7) is 0.910. The molecule has 3 rings (SSSR count). The van der Waals surface area contributed by atoms with E-state index < -0.39 is 0 Å². The fraction of sp³-hybridized carbons (Fsp3) is 0.0769. The van der Waals surface area contributed by atoms with Crippen LogP contribution in [-0.2, 0) is 0 Å². The SMILES string of the molecule is C1=CN(c2ccc3ccccc3c2)NC1. The van der Waals surface area contributed by atoms with Crippen molar-refractivity contribution in [2.45, 2.75) is 0 Å². The Hall–Kier alpha value is -1.80. The van der Waals surface area contributed by atoms with Gasteiger partial charge in [0.2, 0.25) is 0 Å². The van der Waals surface area contributed by atoms with E-state index in [9.17, 15) is 0 Å². The predicted octanol–water partition coefficient (Wildman–Crippen LogP) is 2.68. The summed E-state index contributed by atoms with van der Waals surface area (Å²) in [6.07, 6.45) is 4.17. The van der Waals surface area contributed by atoms with Crippen molar-refractivity contribution in [3.8, 4) is 0 Å². The molecule has 0 amide bonds. The monoisotopic (exact) mass is 196 g/mol. The third kappa shape index (κ3) is 1.49. The van der Waals surface area contributed by atoms with Crippen LogP contribution in [0.25, 0.3) is 10.8 Å². The second-order valence-electron chi connectivity index (χ2n) is 3.65. The van der Waals surface area contributed by atoms with E-state index in [1.165, 1.54) is 16.5 Å². The molecular weight excluding hydrogens is 184 g/mol. The average Bonchev–Trinajstić information content (AvgIpc) is 2.82. The van der Waals surface area contributed by atoms with E-state index in [1.54, 1.807) is 0 Å². The number of hydrogen-bond acceptors (Lipinski definition) is 2. The summed E-state index contributed by atoms with van der Waals surface area (Å²) in [5, 5.41) is 4.61. The van der Waals surface area contributed by atoms with Crippen molar-refractivity contribution >= 4 is 16.5 Å². The van der Waals surface area contributed by atoms with E-state index in [4.69, 9.17) is 0 Å². The minimum Gasteiger partial charge on any atom is -0.284 e. The summed E-state index contributed by atoms with van der Waals surface area (Å²) in [4.78, 5) is 0. The summed E-state index contributed by atoms with van der Waals surface area (Å²) in [7, 11) is 0. The molecule has 74 valence electrons. The van der Waals surface area contributed by atoms with Crippen LogP contribution in [0.3, 0.4) is 0 Å². The van der Waals surface area contributed by atoms with Gasteiger partial charge in [-0.2, -0.15) is 0 Å². The van der Waals surface area contributed by atoms with Gasteiger partial charge in [0.05, 0.1) is 5.69 Å². The first-order valence-corrected chi connectivity index (χ1v) is 5.12. The molecule has 0 fully saturated rings. The fourth-order valence-electron chi connectivity index (χ4n) is 1.87. The number of benzene rings is 2. The largest absolute Gasteiger partial charge is 0.284 e. The highest BCUT2D eigenvalue weighted by Gasteiger charge is 2.05. The molecule has 2 aromatic rings. The summed E-state index contributed by atoms with van der Waals surface area (Å²) < 4.78 is 0. The van der Waals surface area contributed by atoms with Gasteiger partial charge >= 0.3 is 0 Å². The van der Waals surface area contributed by atoms with Gasteiger partial charge in [-0.3, -0.25) is 5.01 Å². The first kappa shape index (κ1) is 8.50. The molecule has 1 aliphatic heterocycles. The summed E-state index contributed by atoms with van der Waals surface area (Å²) in [6, 6.07) is 14.9. The van der Waals surface area contributed by atoms with E-state index in [0.29, 0.717) is 0 Å². The van der Waals surface area contributed by atoms with Gasteiger partial charge in [-0.25, -0.2) is 5.43 Å². The van der Waals surface area contributed by atoms with E-state index in [1.807, 2.05) is 5.01 Å². The normalized spacial score (nSPS) is 15.1. The lowest BCUT2D eigenvalue weighted by atomic mass is 10.1. The zero-order valence-electron chi connectivity index (χ0n) is 8.35. The van der Waals surface area contributed by atoms with Crippen LogP contribution in [0, 0.1) is 0 Å². The Balaban J connectivity index is 2.09. The van der Waals surface area contributed by atoms with Crippen LogP contribution in [0.4, 0.5) is 5.69 Å². The van der Waals surface area contributed by atoms with Crippen LogP contribution in [0.5, 0.6) is 0 Å². The number of nitrogens with one attached hydrogen (secondary N) is 1. The second kappa shape index (κ2) is 3.41. The number of hydrazine groups is 1. The van der Waals surface area contributed by atoms with Crippen molar-refractivity contribution in [1.29, 1.82) is 0 Å². The number of nitrogens with zero attached hydrogens (tertiary/aromatic N) is 1. The highest BCUT2D eigenvalue weighted by atomic mass is 15.5. The smallest absolute Gasteiger partial charge is 0.0577 e. The van der Waals surface area contributed by atoms with Crippen molar-refractivity contribution < 1.29 is 0 Å². The quantitative estimate of drug-likeness (QED) is 0.754. The molecule has 2 aromatic carbocycles. The molecule has 0 spiro atoms. The highest BCUT2D eigenvalue weighted by Crippen LogP contribution is 2.22. The van der Waals surface area contributed by atoms with Gasteiger partial charge in [0, 0.05) is 12.7 Å². The molecule has 0 saturated carbocycles. The molecule has 1 heterocycles. The topological polar surface area (TPSA) is 15.3 Å². The van der Waals surface area contributed by atoms with Crippen LogP contribution >= 0.6 is 0 Å². The van der Waals surface area contributed by atoms with Gasteiger partial charge in [0.1, 0.15) is 0 Å². The molecule has 0 aliphatic carbocycles. The lowest BCUT2D eigenvalue weighted by Crippen LogP contribution is -2.27. The van der Waals surface area contributed by atoms with Crippen molar-refractivity contribution in [2.24, 2.45) is 0 Å². The minimum atomic E-state index is 0.910. The van der Waals surface area contributed by atoms with Crippen LogP contribution in [0.2, 0.25) is 0 Å². The molecule has 0 aromatic heterocycles. The van der Waals surface area contributed by atoms with Gasteiger partial charge in [-0.15, -0.1) is 0 Å². The summed E-state index contributed by atoms with van der Waals surface area (Å²) in [5.41, 5.74) is 4.44. The van der Waals surface area contributed by atoms with Gasteiger partial charge in [-0.1, -0.05) is 36.4 Å². The summed E-state index contributed by atoms with van der Waals surface area (Å²) in [5.74, 6) is 0. The predicted molar refractivity (Wildman–Crippen MR) is 63.6 cm³/mol. The number of hydrogen-bond donors (Lipinski definition) is 1. The van der Waals surface area contributed by atoms with Gasteiger partial charge in [-0.05, 0) is 22.9 Å². The molecule has 0 saturated heterocycles. The molecule has 1 N–H and O–H groups in total. The maximum absolute atomic E-state index is 3.26. The Bertz CT molecular complexity index is 517. The molecule has 1 aliphatic rings. The maximum Gasteiger partial charge on any atom is 0.0577 e. The Morgan fingerprint density at radius 1 is 1.00 bits per heavy atom. The Labute approximate surface area is 88.8 Å². The second-order valence-corrected chi connectivity index (χ2v) is 3.65. The van der Waals surface area contributed by atoms with Gasteiger partial charge in [0.15, 0.2) is 0 Å². The molecular formula is C13H12N2. The van der Waals surface area contributed by atoms with Crippen molar-refractivity contribution in [3.05, 3.63) is 54.7 Å². The molecule has 15 heavy (non-hydrogen) atoms. The Morgan fingerprint density at radius 3 is 2.67 bits per heavy atom. The Morgan fingerprint density at radius 2 is 1.87 bits per heavy atom. The average molecular weight is 196 g/mol. The van der Waals surface area contributed by atoms with Crippen LogP contribution in [0.1, 0.15) is 0 Å². The molecule has 0 radical (unpaired) electrons. The first-order valence-electron chi connectivity index (χ1n) is 5.12. The van der Waals surface area contributed by atoms with Gasteiger partial charge in [0.25, 0.3) is 0 Å². The Kier molecular flexibility index (Phi) is 1.93. The molecule has 2 nitrogen and oxygen atoms in total. The van der Waals surface area contributed by atoms with E-state index in [2.05, 4.69) is 60.2 Å². The zero-order chi connectivity index (χ0) is 10.1. The summed E-state index contributed by atoms with van der Waals surface area (Å²) >= 11 is 0. The van der Waals surface area contributed by atoms with Crippen molar-refractivity contribution in [3.63, 3.8) is 0 Å².